The van der Waals surface area contributed by atoms with Crippen molar-refractivity contribution in [1.29, 1.82) is 0 Å². The molecule has 26 heavy (non-hydrogen) atoms. The van der Waals surface area contributed by atoms with Gasteiger partial charge in [0.2, 0.25) is 15.9 Å². The van der Waals surface area contributed by atoms with E-state index in [1.807, 2.05) is 42.6 Å². The third-order valence-corrected chi connectivity index (χ3v) is 5.54. The molecule has 0 radical (unpaired) electrons. The summed E-state index contributed by atoms with van der Waals surface area (Å²) in [6.45, 7) is 0.403. The van der Waals surface area contributed by atoms with Crippen molar-refractivity contribution in [1.82, 2.24) is 15.0 Å². The van der Waals surface area contributed by atoms with E-state index in [2.05, 4.69) is 15.0 Å². The van der Waals surface area contributed by atoms with E-state index in [1.54, 1.807) is 12.1 Å². The zero-order chi connectivity index (χ0) is 18.6. The summed E-state index contributed by atoms with van der Waals surface area (Å²) in [4.78, 5) is 15.4. The minimum Gasteiger partial charge on any atom is -0.361 e. The van der Waals surface area contributed by atoms with Gasteiger partial charge in [0.15, 0.2) is 0 Å². The van der Waals surface area contributed by atoms with Crippen molar-refractivity contribution >= 4 is 26.8 Å². The molecule has 0 atom stereocenters. The maximum Gasteiger partial charge on any atom is 0.224 e. The van der Waals surface area contributed by atoms with Crippen LogP contribution in [0, 0.1) is 0 Å². The lowest BCUT2D eigenvalue weighted by atomic mass is 10.1. The van der Waals surface area contributed by atoms with Gasteiger partial charge in [-0.3, -0.25) is 4.79 Å². The van der Waals surface area contributed by atoms with Crippen LogP contribution in [0.1, 0.15) is 16.7 Å². The molecule has 2 aromatic carbocycles. The molecular weight excluding hydrogens is 350 g/mol. The predicted molar refractivity (Wildman–Crippen MR) is 102 cm³/mol. The third kappa shape index (κ3) is 4.50. The Morgan fingerprint density at radius 1 is 1.04 bits per heavy atom. The van der Waals surface area contributed by atoms with E-state index in [9.17, 15) is 13.2 Å². The maximum atomic E-state index is 12.2. The van der Waals surface area contributed by atoms with E-state index in [-0.39, 0.29) is 11.7 Å². The average Bonchev–Trinajstić information content (AvgIpc) is 3.04. The summed E-state index contributed by atoms with van der Waals surface area (Å²) < 4.78 is 25.4. The number of carbonyl (C=O) groups excluding carboxylic acids is 1. The van der Waals surface area contributed by atoms with E-state index in [4.69, 9.17) is 0 Å². The second-order valence-corrected chi connectivity index (χ2v) is 8.02. The van der Waals surface area contributed by atoms with E-state index >= 15 is 0 Å². The second-order valence-electron chi connectivity index (χ2n) is 6.09. The first-order valence-electron chi connectivity index (χ1n) is 8.27. The smallest absolute Gasteiger partial charge is 0.224 e. The Hall–Kier alpha value is -2.64. The fourth-order valence-electron chi connectivity index (χ4n) is 2.76. The molecule has 0 saturated heterocycles. The molecule has 3 N–H and O–H groups in total. The number of aromatic nitrogens is 1. The molecule has 0 aliphatic heterocycles. The number of amides is 1. The molecule has 3 aromatic rings. The minimum absolute atomic E-state index is 0.0587. The van der Waals surface area contributed by atoms with Gasteiger partial charge in [-0.25, -0.2) is 13.1 Å². The number of fused-ring (bicyclic) bond motifs is 1. The highest BCUT2D eigenvalue weighted by Gasteiger charge is 2.10. The molecule has 136 valence electrons. The largest absolute Gasteiger partial charge is 0.361 e. The summed E-state index contributed by atoms with van der Waals surface area (Å²) in [6, 6.07) is 15.0. The molecule has 0 unspecified atom stereocenters. The number of hydrogen-bond acceptors (Lipinski definition) is 3. The number of benzene rings is 2. The molecule has 1 amide bonds. The highest BCUT2D eigenvalue weighted by Crippen LogP contribution is 2.18. The normalized spacial score (nSPS) is 11.6. The summed E-state index contributed by atoms with van der Waals surface area (Å²) in [6.07, 6.45) is 2.17. The van der Waals surface area contributed by atoms with Gasteiger partial charge in [0.05, 0.1) is 12.2 Å². The summed E-state index contributed by atoms with van der Waals surface area (Å²) in [5.74, 6) is -0.118. The first-order chi connectivity index (χ1) is 12.5. The van der Waals surface area contributed by atoms with Gasteiger partial charge < -0.3 is 10.3 Å². The highest BCUT2D eigenvalue weighted by molar-refractivity contribution is 7.88. The van der Waals surface area contributed by atoms with Crippen LogP contribution in [-0.2, 0) is 33.5 Å². The number of rotatable bonds is 7. The number of aromatic amines is 1. The molecule has 0 aliphatic rings. The predicted octanol–water partition coefficient (Wildman–Crippen LogP) is 2.08. The lowest BCUT2D eigenvalue weighted by Crippen LogP contribution is -2.24. The summed E-state index contributed by atoms with van der Waals surface area (Å²) in [5, 5.41) is 3.95. The third-order valence-electron chi connectivity index (χ3n) is 4.21. The van der Waals surface area contributed by atoms with Gasteiger partial charge in [-0.05, 0) is 29.8 Å². The molecule has 0 bridgehead atoms. The van der Waals surface area contributed by atoms with Crippen molar-refractivity contribution in [3.8, 4) is 0 Å². The van der Waals surface area contributed by atoms with E-state index in [0.717, 1.165) is 22.0 Å². The van der Waals surface area contributed by atoms with Gasteiger partial charge in [0.1, 0.15) is 0 Å². The molecule has 6 nitrogen and oxygen atoms in total. The van der Waals surface area contributed by atoms with E-state index in [1.165, 1.54) is 7.05 Å². The van der Waals surface area contributed by atoms with Crippen LogP contribution in [0.2, 0.25) is 0 Å². The molecule has 1 aromatic heterocycles. The molecule has 0 spiro atoms. The second kappa shape index (κ2) is 7.72. The van der Waals surface area contributed by atoms with E-state index in [0.29, 0.717) is 18.5 Å². The van der Waals surface area contributed by atoms with Crippen molar-refractivity contribution in [2.75, 3.05) is 7.05 Å². The van der Waals surface area contributed by atoms with Crippen LogP contribution in [0.5, 0.6) is 0 Å². The zero-order valence-corrected chi connectivity index (χ0v) is 15.3. The molecule has 0 fully saturated rings. The Balaban J connectivity index is 1.56. The van der Waals surface area contributed by atoms with Crippen molar-refractivity contribution < 1.29 is 13.2 Å². The first kappa shape index (κ1) is 18.2. The van der Waals surface area contributed by atoms with E-state index < -0.39 is 10.0 Å². The first-order valence-corrected chi connectivity index (χ1v) is 9.93. The minimum atomic E-state index is -3.28. The quantitative estimate of drug-likeness (QED) is 0.594. The molecule has 0 saturated carbocycles. The lowest BCUT2D eigenvalue weighted by molar-refractivity contribution is -0.120. The van der Waals surface area contributed by atoms with Crippen molar-refractivity contribution in [2.24, 2.45) is 0 Å². The number of carbonyl (C=O) groups is 1. The summed E-state index contributed by atoms with van der Waals surface area (Å²) in [7, 11) is -1.89. The van der Waals surface area contributed by atoms with Crippen molar-refractivity contribution in [3.63, 3.8) is 0 Å². The van der Waals surface area contributed by atoms with Crippen LogP contribution >= 0.6 is 0 Å². The Morgan fingerprint density at radius 2 is 1.73 bits per heavy atom. The molecule has 7 heteroatoms. The van der Waals surface area contributed by atoms with Gasteiger partial charge in [-0.2, -0.15) is 0 Å². The molecule has 1 heterocycles. The van der Waals surface area contributed by atoms with Gasteiger partial charge in [-0.15, -0.1) is 0 Å². The topological polar surface area (TPSA) is 91.1 Å². The van der Waals surface area contributed by atoms with Gasteiger partial charge in [-0.1, -0.05) is 42.5 Å². The van der Waals surface area contributed by atoms with Gasteiger partial charge in [0.25, 0.3) is 0 Å². The number of sulfonamides is 1. The fourth-order valence-corrected chi connectivity index (χ4v) is 3.53. The standard InChI is InChI=1S/C19H21N3O3S/c1-20-26(24,25)13-15-8-6-14(7-9-15)11-22-19(23)10-16-12-21-18-5-3-2-4-17(16)18/h2-9,12,20-21H,10-11,13H2,1H3,(H,22,23). The summed E-state index contributed by atoms with van der Waals surface area (Å²) >= 11 is 0. The van der Waals surface area contributed by atoms with Crippen molar-refractivity contribution in [2.45, 2.75) is 18.7 Å². The van der Waals surface area contributed by atoms with Crippen LogP contribution < -0.4 is 10.0 Å². The SMILES string of the molecule is CNS(=O)(=O)Cc1ccc(CNC(=O)Cc2c[nH]c3ccccc23)cc1. The fraction of sp³-hybridized carbons (Fsp3) is 0.211. The Morgan fingerprint density at radius 3 is 2.46 bits per heavy atom. The summed E-state index contributed by atoms with van der Waals surface area (Å²) in [5.41, 5.74) is 3.60. The van der Waals surface area contributed by atoms with Crippen LogP contribution in [-0.4, -0.2) is 26.4 Å². The maximum absolute atomic E-state index is 12.2. The van der Waals surface area contributed by atoms with Crippen LogP contribution in [0.4, 0.5) is 0 Å². The Bertz CT molecular complexity index is 1010. The number of para-hydroxylation sites is 1. The molecule has 0 aliphatic carbocycles. The zero-order valence-electron chi connectivity index (χ0n) is 14.5. The monoisotopic (exact) mass is 371 g/mol. The Kier molecular flexibility index (Phi) is 5.39. The number of hydrogen-bond donors (Lipinski definition) is 3. The average molecular weight is 371 g/mol. The van der Waals surface area contributed by atoms with Gasteiger partial charge in [0, 0.05) is 23.6 Å². The number of H-pyrrole nitrogens is 1. The highest BCUT2D eigenvalue weighted by atomic mass is 32.2. The Labute approximate surface area is 152 Å². The molecule has 3 rings (SSSR count). The lowest BCUT2D eigenvalue weighted by Gasteiger charge is -2.07. The van der Waals surface area contributed by atoms with Gasteiger partial charge >= 0.3 is 0 Å². The molecular formula is C19H21N3O3S. The van der Waals surface area contributed by atoms with Crippen LogP contribution in [0.15, 0.2) is 54.7 Å². The number of nitrogens with one attached hydrogen (secondary N) is 3. The van der Waals surface area contributed by atoms with Crippen LogP contribution in [0.3, 0.4) is 0 Å². The van der Waals surface area contributed by atoms with Crippen LogP contribution in [0.25, 0.3) is 10.9 Å². The van der Waals surface area contributed by atoms with Crippen molar-refractivity contribution in [3.05, 3.63) is 71.4 Å².